The summed E-state index contributed by atoms with van der Waals surface area (Å²) in [5.74, 6) is -1.61. The smallest absolute Gasteiger partial charge is 0.326 e. The molecule has 4 aromatic rings. The number of nitrogens with two attached hydrogens (primary N) is 2. The van der Waals surface area contributed by atoms with E-state index >= 15 is 0 Å². The number of rotatable bonds is 20. The van der Waals surface area contributed by atoms with Crippen molar-refractivity contribution in [1.82, 2.24) is 30.4 Å². The number of benzene rings is 3. The van der Waals surface area contributed by atoms with E-state index in [-0.39, 0.29) is 30.0 Å². The standard InChI is InChI=1S/C45H60N8O5/c1-31(2)28-39(50-42(55)37(22-21-32-14-6-3-7-15-32)48-41(54)36(47)29-33-16-8-4-9-17-33)43(56)49-38(20-12-13-25-46)44(57)52-26-23-35(24-27-52)53-30-40(51-45(53)58)34-18-10-5-11-19-34/h3-11,14-19,30-31,35-39H,12-13,20-29,46-47H2,1-2H3,(H,48,54)(H,49,56)(H,50,55)(H,51,58)/t36-,37-,38-,39-/m1/s1. The van der Waals surface area contributed by atoms with Gasteiger partial charge in [0.25, 0.3) is 0 Å². The van der Waals surface area contributed by atoms with Gasteiger partial charge in [0, 0.05) is 25.3 Å². The number of carbonyl (C=O) groups is 4. The number of nitrogens with zero attached hydrogens (tertiary/aromatic N) is 2. The molecule has 5 rings (SSSR count). The van der Waals surface area contributed by atoms with E-state index in [1.54, 1.807) is 9.47 Å². The lowest BCUT2D eigenvalue weighted by Gasteiger charge is -2.35. The number of nitrogens with one attached hydrogen (secondary N) is 4. The highest BCUT2D eigenvalue weighted by molar-refractivity contribution is 5.95. The number of imidazole rings is 1. The molecule has 1 aromatic heterocycles. The van der Waals surface area contributed by atoms with Crippen molar-refractivity contribution in [3.63, 3.8) is 0 Å². The van der Waals surface area contributed by atoms with Gasteiger partial charge in [0.2, 0.25) is 23.6 Å². The van der Waals surface area contributed by atoms with Crippen LogP contribution in [0.5, 0.6) is 0 Å². The summed E-state index contributed by atoms with van der Waals surface area (Å²) in [5, 5.41) is 8.78. The van der Waals surface area contributed by atoms with E-state index in [1.807, 2.05) is 111 Å². The molecule has 13 heteroatoms. The molecule has 3 aromatic carbocycles. The van der Waals surface area contributed by atoms with Crippen LogP contribution in [0.1, 0.15) is 76.0 Å². The summed E-state index contributed by atoms with van der Waals surface area (Å²) in [6.07, 6.45) is 6.11. The lowest BCUT2D eigenvalue weighted by molar-refractivity contribution is -0.139. The van der Waals surface area contributed by atoms with Gasteiger partial charge in [-0.25, -0.2) is 4.79 Å². The van der Waals surface area contributed by atoms with Crippen LogP contribution in [0.3, 0.4) is 0 Å². The van der Waals surface area contributed by atoms with Crippen molar-refractivity contribution in [3.8, 4) is 11.3 Å². The predicted octanol–water partition coefficient (Wildman–Crippen LogP) is 3.84. The van der Waals surface area contributed by atoms with Gasteiger partial charge in [-0.05, 0) is 86.9 Å². The number of hydrogen-bond acceptors (Lipinski definition) is 7. The van der Waals surface area contributed by atoms with Crippen LogP contribution >= 0.6 is 0 Å². The largest absolute Gasteiger partial charge is 0.343 e. The van der Waals surface area contributed by atoms with E-state index in [1.165, 1.54) is 0 Å². The molecule has 0 unspecified atom stereocenters. The number of H-pyrrole nitrogens is 1. The average Bonchev–Trinajstić information content (AvgIpc) is 3.63. The number of aromatic amines is 1. The van der Waals surface area contributed by atoms with Gasteiger partial charge in [-0.1, -0.05) is 105 Å². The highest BCUT2D eigenvalue weighted by atomic mass is 16.2. The van der Waals surface area contributed by atoms with E-state index < -0.39 is 41.9 Å². The zero-order valence-electron chi connectivity index (χ0n) is 33.8. The molecule has 0 spiro atoms. The Hall–Kier alpha value is -5.53. The van der Waals surface area contributed by atoms with Crippen LogP contribution in [0, 0.1) is 5.92 Å². The second-order valence-electron chi connectivity index (χ2n) is 15.7. The maximum atomic E-state index is 14.1. The fourth-order valence-corrected chi connectivity index (χ4v) is 7.49. The minimum atomic E-state index is -0.962. The van der Waals surface area contributed by atoms with Gasteiger partial charge in [0.15, 0.2) is 0 Å². The Morgan fingerprint density at radius 3 is 1.93 bits per heavy atom. The molecular formula is C45H60N8O5. The van der Waals surface area contributed by atoms with Gasteiger partial charge in [0.05, 0.1) is 11.7 Å². The zero-order valence-corrected chi connectivity index (χ0v) is 33.8. The number of unbranched alkanes of at least 4 members (excludes halogenated alkanes) is 1. The minimum Gasteiger partial charge on any atom is -0.343 e. The first-order valence-corrected chi connectivity index (χ1v) is 20.6. The van der Waals surface area contributed by atoms with Crippen molar-refractivity contribution in [2.45, 2.75) is 102 Å². The number of aromatic nitrogens is 2. The summed E-state index contributed by atoms with van der Waals surface area (Å²) in [4.78, 5) is 73.3. The van der Waals surface area contributed by atoms with E-state index in [2.05, 4.69) is 20.9 Å². The fourth-order valence-electron chi connectivity index (χ4n) is 7.49. The first kappa shape index (κ1) is 43.6. The van der Waals surface area contributed by atoms with Crippen molar-refractivity contribution in [2.75, 3.05) is 19.6 Å². The Balaban J connectivity index is 1.25. The van der Waals surface area contributed by atoms with Crippen molar-refractivity contribution in [3.05, 3.63) is 119 Å². The molecule has 4 amide bonds. The summed E-state index contributed by atoms with van der Waals surface area (Å²) < 4.78 is 1.72. The Bertz CT molecular complexity index is 1960. The van der Waals surface area contributed by atoms with Gasteiger partial charge in [-0.3, -0.25) is 23.7 Å². The van der Waals surface area contributed by atoms with Crippen molar-refractivity contribution in [2.24, 2.45) is 17.4 Å². The lowest BCUT2D eigenvalue weighted by Crippen LogP contribution is -2.58. The third kappa shape index (κ3) is 12.7. The van der Waals surface area contributed by atoms with E-state index in [9.17, 15) is 24.0 Å². The topological polar surface area (TPSA) is 197 Å². The molecule has 0 aliphatic carbocycles. The average molecular weight is 793 g/mol. The molecule has 0 radical (unpaired) electrons. The van der Waals surface area contributed by atoms with Gasteiger partial charge >= 0.3 is 5.69 Å². The summed E-state index contributed by atoms with van der Waals surface area (Å²) >= 11 is 0. The summed E-state index contributed by atoms with van der Waals surface area (Å²) in [6.45, 7) is 5.21. The summed E-state index contributed by atoms with van der Waals surface area (Å²) in [6, 6.07) is 25.0. The van der Waals surface area contributed by atoms with Crippen LogP contribution in [0.4, 0.5) is 0 Å². The monoisotopic (exact) mass is 792 g/mol. The molecule has 8 N–H and O–H groups in total. The van der Waals surface area contributed by atoms with Crippen molar-refractivity contribution >= 4 is 23.6 Å². The minimum absolute atomic E-state index is 0.0253. The van der Waals surface area contributed by atoms with Crippen LogP contribution in [-0.4, -0.2) is 81.9 Å². The van der Waals surface area contributed by atoms with Crippen LogP contribution < -0.4 is 33.1 Å². The highest BCUT2D eigenvalue weighted by Crippen LogP contribution is 2.25. The maximum Gasteiger partial charge on any atom is 0.326 e. The number of piperidine rings is 1. The van der Waals surface area contributed by atoms with E-state index in [0.717, 1.165) is 22.4 Å². The molecule has 1 aliphatic rings. The quantitative estimate of drug-likeness (QED) is 0.0731. The molecular weight excluding hydrogens is 733 g/mol. The number of likely N-dealkylation sites (tertiary alicyclic amines) is 1. The zero-order chi connectivity index (χ0) is 41.4. The first-order valence-electron chi connectivity index (χ1n) is 20.6. The summed E-state index contributed by atoms with van der Waals surface area (Å²) in [7, 11) is 0. The normalized spacial score (nSPS) is 15.3. The third-order valence-electron chi connectivity index (χ3n) is 10.7. The van der Waals surface area contributed by atoms with Crippen LogP contribution in [0.25, 0.3) is 11.3 Å². The lowest BCUT2D eigenvalue weighted by atomic mass is 9.99. The molecule has 0 bridgehead atoms. The predicted molar refractivity (Wildman–Crippen MR) is 226 cm³/mol. The molecule has 1 fully saturated rings. The Morgan fingerprint density at radius 1 is 0.741 bits per heavy atom. The molecule has 310 valence electrons. The van der Waals surface area contributed by atoms with E-state index in [0.29, 0.717) is 71.0 Å². The fraction of sp³-hybridized carbons (Fsp3) is 0.444. The number of amides is 4. The number of carbonyl (C=O) groups excluding carboxylic acids is 4. The third-order valence-corrected chi connectivity index (χ3v) is 10.7. The molecule has 4 atom stereocenters. The molecule has 2 heterocycles. The van der Waals surface area contributed by atoms with Crippen LogP contribution in [-0.2, 0) is 32.0 Å². The van der Waals surface area contributed by atoms with Crippen LogP contribution in [0.2, 0.25) is 0 Å². The molecule has 13 nitrogen and oxygen atoms in total. The Morgan fingerprint density at radius 2 is 1.31 bits per heavy atom. The van der Waals surface area contributed by atoms with Crippen LogP contribution in [0.15, 0.2) is 102 Å². The number of hydrogen-bond donors (Lipinski definition) is 6. The second kappa shape index (κ2) is 21.8. The number of aryl methyl sites for hydroxylation is 1. The van der Waals surface area contributed by atoms with Gasteiger partial charge in [0.1, 0.15) is 18.1 Å². The molecule has 1 saturated heterocycles. The van der Waals surface area contributed by atoms with Gasteiger partial charge in [-0.15, -0.1) is 0 Å². The summed E-state index contributed by atoms with van der Waals surface area (Å²) in [5.41, 5.74) is 15.5. The molecule has 0 saturated carbocycles. The second-order valence-corrected chi connectivity index (χ2v) is 15.7. The highest BCUT2D eigenvalue weighted by Gasteiger charge is 2.34. The Kier molecular flexibility index (Phi) is 16.4. The first-order chi connectivity index (χ1) is 28.0. The Labute approximate surface area is 341 Å². The van der Waals surface area contributed by atoms with Gasteiger partial charge in [-0.2, -0.15) is 0 Å². The SMILES string of the molecule is CC(C)C[C@@H](NC(=O)[C@@H](CCc1ccccc1)NC(=O)[C@H](N)Cc1ccccc1)C(=O)N[C@H](CCCCN)C(=O)N1CCC(n2cc(-c3ccccc3)[nH]c2=O)CC1. The van der Waals surface area contributed by atoms with Crippen molar-refractivity contribution < 1.29 is 19.2 Å². The molecule has 1 aliphatic heterocycles. The van der Waals surface area contributed by atoms with Gasteiger partial charge < -0.3 is 37.3 Å². The maximum absolute atomic E-state index is 14.1. The van der Waals surface area contributed by atoms with Crippen molar-refractivity contribution in [1.29, 1.82) is 0 Å². The molecule has 58 heavy (non-hydrogen) atoms. The van der Waals surface area contributed by atoms with E-state index in [4.69, 9.17) is 11.5 Å².